The van der Waals surface area contributed by atoms with Crippen LogP contribution in [0.3, 0.4) is 0 Å². The summed E-state index contributed by atoms with van der Waals surface area (Å²) in [5.74, 6) is 0.473. The van der Waals surface area contributed by atoms with Crippen LogP contribution in [0.2, 0.25) is 0 Å². The van der Waals surface area contributed by atoms with Gasteiger partial charge < -0.3 is 30.3 Å². The molecule has 5 heterocycles. The molecule has 0 spiro atoms. The standard InChI is InChI=1S/C32H43N9O/c1-4-39(5-2)29-19-23-20-35-32(36-24-8-10-25(11-9-24)38(3)26-12-15-33-16-13-26)37-30(23)41(31(29)42)22-28-7-6-18-40(28)27-14-17-34-21-27/h6-11,18-20,26-27,33-34H,4-5,12-17,21-22H2,1-3H3,(H,35,36,37). The van der Waals surface area contributed by atoms with E-state index in [1.165, 1.54) is 5.69 Å². The highest BCUT2D eigenvalue weighted by Gasteiger charge is 2.21. The van der Waals surface area contributed by atoms with E-state index < -0.39 is 0 Å². The van der Waals surface area contributed by atoms with Crippen molar-refractivity contribution in [3.05, 3.63) is 70.9 Å². The van der Waals surface area contributed by atoms with Crippen molar-refractivity contribution in [1.82, 2.24) is 29.7 Å². The van der Waals surface area contributed by atoms with E-state index >= 15 is 0 Å². The molecular formula is C32H43N9O. The minimum Gasteiger partial charge on any atom is -0.372 e. The Hall–Kier alpha value is -3.89. The number of anilines is 4. The zero-order valence-corrected chi connectivity index (χ0v) is 25.0. The second kappa shape index (κ2) is 12.5. The quantitative estimate of drug-likeness (QED) is 0.264. The van der Waals surface area contributed by atoms with Crippen LogP contribution in [-0.2, 0) is 6.54 Å². The van der Waals surface area contributed by atoms with E-state index in [2.05, 4.69) is 98.8 Å². The highest BCUT2D eigenvalue weighted by molar-refractivity contribution is 5.80. The summed E-state index contributed by atoms with van der Waals surface area (Å²) in [6.07, 6.45) is 7.35. The van der Waals surface area contributed by atoms with E-state index in [9.17, 15) is 4.79 Å². The molecule has 0 aliphatic carbocycles. The highest BCUT2D eigenvalue weighted by Crippen LogP contribution is 2.25. The maximum atomic E-state index is 14.0. The lowest BCUT2D eigenvalue weighted by Gasteiger charge is -2.33. The van der Waals surface area contributed by atoms with Gasteiger partial charge in [-0.25, -0.2) is 4.98 Å². The summed E-state index contributed by atoms with van der Waals surface area (Å²) in [5.41, 5.74) is 4.50. The molecule has 222 valence electrons. The number of nitrogens with zero attached hydrogens (tertiary/aromatic N) is 6. The van der Waals surface area contributed by atoms with E-state index in [0.717, 1.165) is 75.3 Å². The average molecular weight is 570 g/mol. The molecule has 3 aromatic heterocycles. The van der Waals surface area contributed by atoms with Gasteiger partial charge in [-0.3, -0.25) is 9.36 Å². The molecule has 10 nitrogen and oxygen atoms in total. The summed E-state index contributed by atoms with van der Waals surface area (Å²) in [6, 6.07) is 15.5. The van der Waals surface area contributed by atoms with Gasteiger partial charge in [0.2, 0.25) is 5.95 Å². The van der Waals surface area contributed by atoms with E-state index in [1.54, 1.807) is 0 Å². The number of hydrogen-bond donors (Lipinski definition) is 3. The molecule has 2 fully saturated rings. The van der Waals surface area contributed by atoms with Crippen LogP contribution in [0.5, 0.6) is 0 Å². The van der Waals surface area contributed by atoms with Crippen molar-refractivity contribution in [2.75, 3.05) is 61.4 Å². The van der Waals surface area contributed by atoms with Crippen LogP contribution >= 0.6 is 0 Å². The van der Waals surface area contributed by atoms with Crippen molar-refractivity contribution in [3.8, 4) is 0 Å². The third-order valence-corrected chi connectivity index (χ3v) is 8.91. The van der Waals surface area contributed by atoms with Crippen molar-refractivity contribution in [1.29, 1.82) is 0 Å². The van der Waals surface area contributed by atoms with Gasteiger partial charge in [-0.05, 0) is 95.2 Å². The topological polar surface area (TPSA) is 95.3 Å². The van der Waals surface area contributed by atoms with Crippen molar-refractivity contribution in [3.63, 3.8) is 0 Å². The van der Waals surface area contributed by atoms with Crippen molar-refractivity contribution in [2.24, 2.45) is 0 Å². The Bertz CT molecular complexity index is 1540. The predicted molar refractivity (Wildman–Crippen MR) is 171 cm³/mol. The second-order valence-electron chi connectivity index (χ2n) is 11.4. The fraction of sp³-hybridized carbons (Fsp3) is 0.469. The maximum absolute atomic E-state index is 14.0. The Morgan fingerprint density at radius 3 is 2.50 bits per heavy atom. The first-order valence-electron chi connectivity index (χ1n) is 15.4. The zero-order valence-electron chi connectivity index (χ0n) is 25.0. The van der Waals surface area contributed by atoms with E-state index in [-0.39, 0.29) is 5.56 Å². The van der Waals surface area contributed by atoms with Crippen LogP contribution < -0.4 is 31.3 Å². The Balaban J connectivity index is 1.32. The van der Waals surface area contributed by atoms with Gasteiger partial charge in [-0.15, -0.1) is 0 Å². The molecule has 42 heavy (non-hydrogen) atoms. The van der Waals surface area contributed by atoms with Crippen LogP contribution in [0, 0.1) is 0 Å². The molecule has 6 rings (SSSR count). The van der Waals surface area contributed by atoms with Crippen molar-refractivity contribution >= 4 is 34.0 Å². The summed E-state index contributed by atoms with van der Waals surface area (Å²) in [4.78, 5) is 28.0. The molecule has 3 N–H and O–H groups in total. The Morgan fingerprint density at radius 2 is 1.79 bits per heavy atom. The maximum Gasteiger partial charge on any atom is 0.276 e. The molecule has 0 saturated carbocycles. The molecule has 1 atom stereocenters. The van der Waals surface area contributed by atoms with Gasteiger partial charge in [0, 0.05) is 73.6 Å². The third kappa shape index (κ3) is 5.73. The number of fused-ring (bicyclic) bond motifs is 1. The van der Waals surface area contributed by atoms with Gasteiger partial charge in [0.15, 0.2) is 0 Å². The summed E-state index contributed by atoms with van der Waals surface area (Å²) in [5, 5.41) is 11.1. The van der Waals surface area contributed by atoms with Gasteiger partial charge in [-0.1, -0.05) is 0 Å². The predicted octanol–water partition coefficient (Wildman–Crippen LogP) is 3.95. The Morgan fingerprint density at radius 1 is 1.02 bits per heavy atom. The largest absolute Gasteiger partial charge is 0.372 e. The molecule has 2 saturated heterocycles. The summed E-state index contributed by atoms with van der Waals surface area (Å²) in [7, 11) is 2.18. The molecule has 4 aromatic rings. The molecule has 0 radical (unpaired) electrons. The van der Waals surface area contributed by atoms with Crippen molar-refractivity contribution < 1.29 is 0 Å². The molecule has 2 aliphatic heterocycles. The number of nitrogens with one attached hydrogen (secondary N) is 3. The average Bonchev–Trinajstić information content (AvgIpc) is 3.73. The normalized spacial score (nSPS) is 17.5. The van der Waals surface area contributed by atoms with Crippen LogP contribution in [0.15, 0.2) is 59.7 Å². The second-order valence-corrected chi connectivity index (χ2v) is 11.4. The van der Waals surface area contributed by atoms with Gasteiger partial charge in [0.1, 0.15) is 11.3 Å². The molecule has 0 bridgehead atoms. The summed E-state index contributed by atoms with van der Waals surface area (Å²) < 4.78 is 4.13. The number of aromatic nitrogens is 4. The summed E-state index contributed by atoms with van der Waals surface area (Å²) in [6.45, 7) is 10.2. The molecule has 1 aromatic carbocycles. The third-order valence-electron chi connectivity index (χ3n) is 8.91. The van der Waals surface area contributed by atoms with Crippen molar-refractivity contribution in [2.45, 2.75) is 51.7 Å². The van der Waals surface area contributed by atoms with Gasteiger partial charge >= 0.3 is 0 Å². The minimum atomic E-state index is -0.0292. The van der Waals surface area contributed by atoms with Crippen LogP contribution in [0.25, 0.3) is 11.0 Å². The number of piperidine rings is 1. The first kappa shape index (κ1) is 28.2. The Labute approximate surface area is 247 Å². The number of benzene rings is 1. The van der Waals surface area contributed by atoms with E-state index in [1.807, 2.05) is 16.8 Å². The number of rotatable bonds is 10. The lowest BCUT2D eigenvalue weighted by molar-refractivity contribution is 0.443. The smallest absolute Gasteiger partial charge is 0.276 e. The zero-order chi connectivity index (χ0) is 29.1. The SMILES string of the molecule is CCN(CC)c1cc2cnc(Nc3ccc(N(C)C4CCNCC4)cc3)nc2n(Cc2cccn2C2CCNC2)c1=O. The molecule has 2 aliphatic rings. The minimum absolute atomic E-state index is 0.0292. The highest BCUT2D eigenvalue weighted by atomic mass is 16.1. The van der Waals surface area contributed by atoms with Gasteiger partial charge in [0.05, 0.1) is 6.54 Å². The number of hydrogen-bond acceptors (Lipinski definition) is 8. The molecule has 0 amide bonds. The van der Waals surface area contributed by atoms with Crippen LogP contribution in [0.4, 0.5) is 23.0 Å². The van der Waals surface area contributed by atoms with E-state index in [0.29, 0.717) is 35.9 Å². The molecule has 10 heteroatoms. The molecule has 1 unspecified atom stereocenters. The number of pyridine rings is 1. The first-order valence-corrected chi connectivity index (χ1v) is 15.4. The van der Waals surface area contributed by atoms with Crippen LogP contribution in [0.1, 0.15) is 44.8 Å². The lowest BCUT2D eigenvalue weighted by Crippen LogP contribution is -2.41. The van der Waals surface area contributed by atoms with Crippen LogP contribution in [-0.4, -0.2) is 71.5 Å². The monoisotopic (exact) mass is 569 g/mol. The van der Waals surface area contributed by atoms with Gasteiger partial charge in [-0.2, -0.15) is 4.98 Å². The lowest BCUT2D eigenvalue weighted by atomic mass is 10.0. The fourth-order valence-electron chi connectivity index (χ4n) is 6.41. The van der Waals surface area contributed by atoms with E-state index in [4.69, 9.17) is 4.98 Å². The van der Waals surface area contributed by atoms with Gasteiger partial charge in [0.25, 0.3) is 5.56 Å². The Kier molecular flexibility index (Phi) is 8.43. The first-order chi connectivity index (χ1) is 20.6. The fourth-order valence-corrected chi connectivity index (χ4v) is 6.41. The summed E-state index contributed by atoms with van der Waals surface area (Å²) >= 11 is 0. The molecular weight excluding hydrogens is 526 g/mol.